The van der Waals surface area contributed by atoms with Crippen LogP contribution in [0.4, 0.5) is 5.69 Å². The first-order chi connectivity index (χ1) is 7.50. The number of carboxylic acid groups (broad SMARTS) is 1. The second-order valence-electron chi connectivity index (χ2n) is 3.22. The van der Waals surface area contributed by atoms with Crippen molar-refractivity contribution in [3.05, 3.63) is 35.4 Å². The van der Waals surface area contributed by atoms with Crippen molar-refractivity contribution >= 4 is 23.6 Å². The quantitative estimate of drug-likeness (QED) is 0.654. The molecule has 0 heterocycles. The van der Waals surface area contributed by atoms with E-state index in [1.54, 1.807) is 12.1 Å². The maximum absolute atomic E-state index is 10.9. The Labute approximate surface area is 92.4 Å². The third kappa shape index (κ3) is 3.13. The molecule has 0 fully saturated rings. The lowest BCUT2D eigenvalue weighted by atomic mass is 10.1. The van der Waals surface area contributed by atoms with E-state index in [9.17, 15) is 9.59 Å². The molecule has 5 heteroatoms. The van der Waals surface area contributed by atoms with Crippen molar-refractivity contribution < 1.29 is 14.7 Å². The highest BCUT2D eigenvalue weighted by Crippen LogP contribution is 2.15. The molecule has 0 radical (unpaired) electrons. The number of carbonyl (C=O) groups excluding carboxylic acids is 1. The van der Waals surface area contributed by atoms with Crippen LogP contribution >= 0.6 is 0 Å². The van der Waals surface area contributed by atoms with Crippen LogP contribution in [-0.4, -0.2) is 17.0 Å². The van der Waals surface area contributed by atoms with Crippen molar-refractivity contribution in [2.75, 3.05) is 5.73 Å². The molecule has 0 saturated heterocycles. The van der Waals surface area contributed by atoms with Crippen molar-refractivity contribution in [3.63, 3.8) is 0 Å². The molecule has 0 aliphatic rings. The number of aromatic carboxylic acids is 1. The molecule has 0 saturated carbocycles. The van der Waals surface area contributed by atoms with Crippen LogP contribution in [0.2, 0.25) is 0 Å². The van der Waals surface area contributed by atoms with E-state index in [1.807, 2.05) is 0 Å². The monoisotopic (exact) mass is 220 g/mol. The lowest BCUT2D eigenvalue weighted by Gasteiger charge is -2.02. The van der Waals surface area contributed by atoms with Crippen LogP contribution < -0.4 is 11.5 Å². The first-order valence-corrected chi connectivity index (χ1v) is 4.58. The van der Waals surface area contributed by atoms with Gasteiger partial charge in [0.15, 0.2) is 0 Å². The number of anilines is 1. The zero-order valence-electron chi connectivity index (χ0n) is 8.51. The number of nitrogen functional groups attached to an aromatic ring is 1. The molecule has 0 atom stereocenters. The van der Waals surface area contributed by atoms with Gasteiger partial charge in [-0.1, -0.05) is 18.2 Å². The highest BCUT2D eigenvalue weighted by Gasteiger charge is 2.07. The van der Waals surface area contributed by atoms with Crippen molar-refractivity contribution in [1.29, 1.82) is 0 Å². The molecule has 1 amide bonds. The standard InChI is InChI=1S/C11H12N2O3/c12-8-5-4-7(2-1-3-10(13)14)9(6-8)11(15)16/h1-2,4-6H,3,12H2,(H2,13,14)(H,15,16). The minimum atomic E-state index is -1.06. The fourth-order valence-electron chi connectivity index (χ4n) is 1.21. The van der Waals surface area contributed by atoms with Gasteiger partial charge in [-0.15, -0.1) is 0 Å². The van der Waals surface area contributed by atoms with E-state index < -0.39 is 11.9 Å². The number of carbonyl (C=O) groups is 2. The van der Waals surface area contributed by atoms with Crippen LogP contribution in [0.5, 0.6) is 0 Å². The van der Waals surface area contributed by atoms with Crippen LogP contribution in [0.25, 0.3) is 6.08 Å². The molecule has 16 heavy (non-hydrogen) atoms. The van der Waals surface area contributed by atoms with E-state index in [1.165, 1.54) is 18.2 Å². The lowest BCUT2D eigenvalue weighted by molar-refractivity contribution is -0.117. The number of benzene rings is 1. The zero-order valence-corrected chi connectivity index (χ0v) is 8.51. The molecule has 84 valence electrons. The Morgan fingerprint density at radius 3 is 2.62 bits per heavy atom. The molecule has 0 unspecified atom stereocenters. The Morgan fingerprint density at radius 1 is 1.38 bits per heavy atom. The van der Waals surface area contributed by atoms with E-state index in [-0.39, 0.29) is 12.0 Å². The molecule has 1 rings (SSSR count). The number of nitrogens with two attached hydrogens (primary N) is 2. The average molecular weight is 220 g/mol. The van der Waals surface area contributed by atoms with E-state index >= 15 is 0 Å². The molecule has 5 nitrogen and oxygen atoms in total. The fraction of sp³-hybridized carbons (Fsp3) is 0.0909. The van der Waals surface area contributed by atoms with Crippen molar-refractivity contribution in [2.45, 2.75) is 6.42 Å². The van der Waals surface area contributed by atoms with Gasteiger partial charge >= 0.3 is 5.97 Å². The summed E-state index contributed by atoms with van der Waals surface area (Å²) in [7, 11) is 0. The molecule has 0 aliphatic carbocycles. The Balaban J connectivity index is 2.99. The maximum Gasteiger partial charge on any atom is 0.336 e. The number of carboxylic acids is 1. The van der Waals surface area contributed by atoms with Crippen molar-refractivity contribution in [1.82, 2.24) is 0 Å². The summed E-state index contributed by atoms with van der Waals surface area (Å²) in [4.78, 5) is 21.4. The van der Waals surface area contributed by atoms with Gasteiger partial charge in [0, 0.05) is 12.1 Å². The highest BCUT2D eigenvalue weighted by atomic mass is 16.4. The predicted molar refractivity (Wildman–Crippen MR) is 60.7 cm³/mol. The summed E-state index contributed by atoms with van der Waals surface area (Å²) in [6.45, 7) is 0. The second kappa shape index (κ2) is 4.97. The molecular formula is C11H12N2O3. The van der Waals surface area contributed by atoms with Gasteiger partial charge < -0.3 is 16.6 Å². The minimum Gasteiger partial charge on any atom is -0.478 e. The number of hydrogen-bond donors (Lipinski definition) is 3. The summed E-state index contributed by atoms with van der Waals surface area (Å²) < 4.78 is 0. The Bertz CT molecular complexity index is 453. The normalized spacial score (nSPS) is 10.5. The first-order valence-electron chi connectivity index (χ1n) is 4.58. The van der Waals surface area contributed by atoms with E-state index in [2.05, 4.69) is 0 Å². The third-order valence-electron chi connectivity index (χ3n) is 1.92. The SMILES string of the molecule is NC(=O)CC=Cc1ccc(N)cc1C(=O)O. The molecule has 5 N–H and O–H groups in total. The van der Waals surface area contributed by atoms with Crippen LogP contribution in [0.1, 0.15) is 22.3 Å². The molecule has 0 bridgehead atoms. The molecule has 1 aromatic rings. The van der Waals surface area contributed by atoms with Gasteiger partial charge in [0.1, 0.15) is 0 Å². The molecule has 0 spiro atoms. The molecular weight excluding hydrogens is 208 g/mol. The number of rotatable bonds is 4. The molecule has 1 aromatic carbocycles. The van der Waals surface area contributed by atoms with Gasteiger partial charge in [0.05, 0.1) is 5.56 Å². The van der Waals surface area contributed by atoms with Crippen molar-refractivity contribution in [2.24, 2.45) is 5.73 Å². The highest BCUT2D eigenvalue weighted by molar-refractivity contribution is 5.93. The Kier molecular flexibility index (Phi) is 3.66. The van der Waals surface area contributed by atoms with Gasteiger partial charge in [-0.2, -0.15) is 0 Å². The largest absolute Gasteiger partial charge is 0.478 e. The van der Waals surface area contributed by atoms with E-state index in [0.717, 1.165) is 0 Å². The molecule has 0 aliphatic heterocycles. The van der Waals surface area contributed by atoms with Gasteiger partial charge in [0.2, 0.25) is 5.91 Å². The second-order valence-corrected chi connectivity index (χ2v) is 3.22. The van der Waals surface area contributed by atoms with Crippen LogP contribution in [0.15, 0.2) is 24.3 Å². The zero-order chi connectivity index (χ0) is 12.1. The first kappa shape index (κ1) is 11.8. The fourth-order valence-corrected chi connectivity index (χ4v) is 1.21. The summed E-state index contributed by atoms with van der Waals surface area (Å²) in [5.41, 5.74) is 11.4. The summed E-state index contributed by atoms with van der Waals surface area (Å²) in [5, 5.41) is 8.92. The smallest absolute Gasteiger partial charge is 0.336 e. The van der Waals surface area contributed by atoms with Crippen molar-refractivity contribution in [3.8, 4) is 0 Å². The number of amides is 1. The predicted octanol–water partition coefficient (Wildman–Crippen LogP) is 0.856. The maximum atomic E-state index is 10.9. The summed E-state index contributed by atoms with van der Waals surface area (Å²) >= 11 is 0. The number of hydrogen-bond acceptors (Lipinski definition) is 3. The topological polar surface area (TPSA) is 106 Å². The van der Waals surface area contributed by atoms with Crippen LogP contribution in [0, 0.1) is 0 Å². The number of primary amides is 1. The summed E-state index contributed by atoms with van der Waals surface area (Å²) in [6.07, 6.45) is 3.12. The van der Waals surface area contributed by atoms with Gasteiger partial charge in [-0.25, -0.2) is 4.79 Å². The van der Waals surface area contributed by atoms with Crippen LogP contribution in [0.3, 0.4) is 0 Å². The molecule has 0 aromatic heterocycles. The minimum absolute atomic E-state index is 0.0729. The van der Waals surface area contributed by atoms with E-state index in [0.29, 0.717) is 11.3 Å². The van der Waals surface area contributed by atoms with E-state index in [4.69, 9.17) is 16.6 Å². The summed E-state index contributed by atoms with van der Waals surface area (Å²) in [5.74, 6) is -1.53. The lowest BCUT2D eigenvalue weighted by Crippen LogP contribution is -2.08. The Morgan fingerprint density at radius 2 is 2.06 bits per heavy atom. The average Bonchev–Trinajstić information content (AvgIpc) is 2.19. The van der Waals surface area contributed by atoms with Gasteiger partial charge in [0.25, 0.3) is 0 Å². The van der Waals surface area contributed by atoms with Gasteiger partial charge in [-0.3, -0.25) is 4.79 Å². The van der Waals surface area contributed by atoms with Crippen LogP contribution in [-0.2, 0) is 4.79 Å². The third-order valence-corrected chi connectivity index (χ3v) is 1.92. The summed E-state index contributed by atoms with van der Waals surface area (Å²) in [6, 6.07) is 4.54. The Hall–Kier alpha value is -2.30. The van der Waals surface area contributed by atoms with Gasteiger partial charge in [-0.05, 0) is 17.7 Å².